The quantitative estimate of drug-likeness (QED) is 0.0645. The molecular formula is C48H59N3O9S. The van der Waals surface area contributed by atoms with E-state index in [1.54, 1.807) is 24.3 Å². The Kier molecular flexibility index (Phi) is 16.8. The fourth-order valence-electron chi connectivity index (χ4n) is 7.53. The van der Waals surface area contributed by atoms with Crippen LogP contribution in [0.2, 0.25) is 0 Å². The zero-order valence-electron chi connectivity index (χ0n) is 36.1. The molecule has 0 radical (unpaired) electrons. The van der Waals surface area contributed by atoms with E-state index in [2.05, 4.69) is 41.2 Å². The highest BCUT2D eigenvalue weighted by Crippen LogP contribution is 2.29. The van der Waals surface area contributed by atoms with Crippen molar-refractivity contribution in [1.29, 1.82) is 5.26 Å². The van der Waals surface area contributed by atoms with Crippen molar-refractivity contribution in [2.24, 2.45) is 0 Å². The second-order valence-electron chi connectivity index (χ2n) is 16.0. The lowest BCUT2D eigenvalue weighted by Gasteiger charge is -2.29. The third kappa shape index (κ3) is 13.9. The molecule has 0 unspecified atom stereocenters. The van der Waals surface area contributed by atoms with Crippen molar-refractivity contribution in [2.75, 3.05) is 19.8 Å². The molecule has 0 bridgehead atoms. The van der Waals surface area contributed by atoms with E-state index in [1.807, 2.05) is 58.0 Å². The van der Waals surface area contributed by atoms with E-state index in [-0.39, 0.29) is 42.5 Å². The number of aryl methyl sites for hydroxylation is 5. The number of aromatic nitrogens is 2. The fourth-order valence-corrected chi connectivity index (χ4v) is 8.43. The Bertz CT molecular complexity index is 2300. The molecule has 2 aliphatic carbocycles. The average molecular weight is 854 g/mol. The summed E-state index contributed by atoms with van der Waals surface area (Å²) in [6.07, 6.45) is 8.58. The van der Waals surface area contributed by atoms with E-state index in [0.717, 1.165) is 96.5 Å². The molecule has 4 atom stereocenters. The average Bonchev–Trinajstić information content (AvgIpc) is 3.82. The van der Waals surface area contributed by atoms with Crippen LogP contribution in [-0.2, 0) is 46.5 Å². The predicted octanol–water partition coefficient (Wildman–Crippen LogP) is 10.2. The van der Waals surface area contributed by atoms with E-state index >= 15 is 0 Å². The van der Waals surface area contributed by atoms with E-state index in [0.29, 0.717) is 38.0 Å². The molecule has 0 aliphatic heterocycles. The van der Waals surface area contributed by atoms with Gasteiger partial charge in [0.05, 0.1) is 74.8 Å². The van der Waals surface area contributed by atoms with Crippen LogP contribution in [-0.4, -0.2) is 62.6 Å². The van der Waals surface area contributed by atoms with Crippen LogP contribution in [0.1, 0.15) is 97.4 Å². The van der Waals surface area contributed by atoms with E-state index in [9.17, 15) is 8.42 Å². The van der Waals surface area contributed by atoms with Crippen LogP contribution in [0.15, 0.2) is 86.5 Å². The molecule has 13 heteroatoms. The number of rotatable bonds is 17. The van der Waals surface area contributed by atoms with E-state index < -0.39 is 10.1 Å². The molecule has 2 aromatic heterocycles. The third-order valence-electron chi connectivity index (χ3n) is 10.9. The zero-order valence-corrected chi connectivity index (χ0v) is 36.9. The van der Waals surface area contributed by atoms with Gasteiger partial charge in [-0.05, 0) is 122 Å². The SMILES string of the molecule is Cc1ccc(S(=O)(=O)OCCO[C@@H]2CCC[C@H](OCc3nc(-c4cccc(C)c4)oc3C)C2)cc1.Cc1cccc(-c2nc(CO[C@H]3CCC[C@@H](OCCC#N)C3)c(C)o2)c1. The second kappa shape index (κ2) is 22.4. The Morgan fingerprint density at radius 3 is 1.57 bits per heavy atom. The Hall–Kier alpha value is -4.68. The van der Waals surface area contributed by atoms with Crippen LogP contribution in [0, 0.1) is 45.9 Å². The molecule has 0 amide bonds. The van der Waals surface area contributed by atoms with Gasteiger partial charge in [0.25, 0.3) is 10.1 Å². The van der Waals surface area contributed by atoms with E-state index in [4.69, 9.17) is 37.2 Å². The van der Waals surface area contributed by atoms with Crippen molar-refractivity contribution in [1.82, 2.24) is 9.97 Å². The maximum Gasteiger partial charge on any atom is 0.297 e. The first-order chi connectivity index (χ1) is 29.4. The van der Waals surface area contributed by atoms with Crippen LogP contribution >= 0.6 is 0 Å². The molecule has 0 saturated heterocycles. The van der Waals surface area contributed by atoms with Gasteiger partial charge in [-0.15, -0.1) is 0 Å². The number of hydrogen-bond donors (Lipinski definition) is 0. The maximum atomic E-state index is 12.3. The highest BCUT2D eigenvalue weighted by Gasteiger charge is 2.26. The summed E-state index contributed by atoms with van der Waals surface area (Å²) in [6, 6.07) is 24.9. The minimum atomic E-state index is -3.78. The lowest BCUT2D eigenvalue weighted by atomic mass is 9.95. The van der Waals surface area contributed by atoms with Gasteiger partial charge in [0, 0.05) is 11.1 Å². The smallest absolute Gasteiger partial charge is 0.297 e. The molecule has 5 aromatic rings. The van der Waals surface area contributed by atoms with Gasteiger partial charge in [0.15, 0.2) is 0 Å². The zero-order chi connectivity index (χ0) is 43.2. The Balaban J connectivity index is 0.000000213. The van der Waals surface area contributed by atoms with Gasteiger partial charge in [0.1, 0.15) is 22.9 Å². The first kappa shape index (κ1) is 45.8. The van der Waals surface area contributed by atoms with Gasteiger partial charge < -0.3 is 27.8 Å². The normalized spacial score (nSPS) is 19.2. The molecule has 61 heavy (non-hydrogen) atoms. The molecule has 3 aromatic carbocycles. The van der Waals surface area contributed by atoms with Gasteiger partial charge in [0.2, 0.25) is 11.8 Å². The minimum Gasteiger partial charge on any atom is -0.441 e. The molecule has 326 valence electrons. The van der Waals surface area contributed by atoms with Crippen molar-refractivity contribution in [3.05, 3.63) is 112 Å². The van der Waals surface area contributed by atoms with Crippen molar-refractivity contribution in [3.63, 3.8) is 0 Å². The third-order valence-corrected chi connectivity index (χ3v) is 12.3. The van der Waals surface area contributed by atoms with Gasteiger partial charge >= 0.3 is 0 Å². The number of benzene rings is 3. The Morgan fingerprint density at radius 2 is 1.10 bits per heavy atom. The molecule has 12 nitrogen and oxygen atoms in total. The number of nitriles is 1. The van der Waals surface area contributed by atoms with Crippen molar-refractivity contribution in [3.8, 4) is 29.0 Å². The van der Waals surface area contributed by atoms with Gasteiger partial charge in [-0.1, -0.05) is 53.1 Å². The second-order valence-corrected chi connectivity index (χ2v) is 17.6. The molecule has 2 aliphatic rings. The standard InChI is InChI=1S/C27H33NO6S.C21H26N2O3/c1-19-10-12-25(13-11-19)35(29,30)33-15-14-31-23-8-5-9-24(17-23)32-18-26-21(3)34-27(28-26)22-7-4-6-20(2)16-22;1-15-6-3-7-17(12-15)21-23-20(16(2)26-21)14-25-19-9-4-8-18(13-19)24-11-5-10-22/h4,6-7,10-13,16,23-24H,5,8-9,14-15,17-18H2,1-3H3;3,6-7,12,18-19H,4-5,8-9,11,13-14H2,1-2H3/t23-,24+;18-,19+/m11/s1. The highest BCUT2D eigenvalue weighted by molar-refractivity contribution is 7.86. The van der Waals surface area contributed by atoms with Crippen molar-refractivity contribution in [2.45, 2.75) is 135 Å². The summed E-state index contributed by atoms with van der Waals surface area (Å²) in [5, 5.41) is 8.61. The number of ether oxygens (including phenoxy) is 4. The predicted molar refractivity (Wildman–Crippen MR) is 231 cm³/mol. The van der Waals surface area contributed by atoms with Crippen LogP contribution in [0.25, 0.3) is 22.9 Å². The minimum absolute atomic E-state index is 0.0145. The Morgan fingerprint density at radius 1 is 0.623 bits per heavy atom. The van der Waals surface area contributed by atoms with Gasteiger partial charge in [-0.2, -0.15) is 13.7 Å². The van der Waals surface area contributed by atoms with Crippen LogP contribution in [0.4, 0.5) is 0 Å². The van der Waals surface area contributed by atoms with E-state index in [1.165, 1.54) is 5.56 Å². The number of nitrogens with zero attached hydrogens (tertiary/aromatic N) is 3. The summed E-state index contributed by atoms with van der Waals surface area (Å²) >= 11 is 0. The largest absolute Gasteiger partial charge is 0.441 e. The summed E-state index contributed by atoms with van der Waals surface area (Å²) in [5.74, 6) is 2.82. The lowest BCUT2D eigenvalue weighted by molar-refractivity contribution is -0.0553. The Labute approximate surface area is 360 Å². The maximum absolute atomic E-state index is 12.3. The molecule has 7 rings (SSSR count). The number of oxazole rings is 2. The van der Waals surface area contributed by atoms with Crippen molar-refractivity contribution >= 4 is 10.1 Å². The monoisotopic (exact) mass is 853 g/mol. The molecule has 2 fully saturated rings. The van der Waals surface area contributed by atoms with Crippen LogP contribution in [0.5, 0.6) is 0 Å². The molecule has 2 saturated carbocycles. The summed E-state index contributed by atoms with van der Waals surface area (Å²) in [4.78, 5) is 9.42. The summed E-state index contributed by atoms with van der Waals surface area (Å²) in [6.45, 7) is 11.4. The first-order valence-corrected chi connectivity index (χ1v) is 22.7. The lowest BCUT2D eigenvalue weighted by Crippen LogP contribution is -2.29. The van der Waals surface area contributed by atoms with Crippen LogP contribution in [0.3, 0.4) is 0 Å². The summed E-state index contributed by atoms with van der Waals surface area (Å²) in [7, 11) is -3.78. The highest BCUT2D eigenvalue weighted by atomic mass is 32.2. The van der Waals surface area contributed by atoms with Gasteiger partial charge in [-0.25, -0.2) is 9.97 Å². The topological polar surface area (TPSA) is 156 Å². The summed E-state index contributed by atoms with van der Waals surface area (Å²) in [5.41, 5.74) is 6.93. The summed E-state index contributed by atoms with van der Waals surface area (Å²) < 4.78 is 65.3. The molecule has 2 heterocycles. The first-order valence-electron chi connectivity index (χ1n) is 21.3. The molecular weight excluding hydrogens is 795 g/mol. The number of hydrogen-bond acceptors (Lipinski definition) is 12. The van der Waals surface area contributed by atoms with Gasteiger partial charge in [-0.3, -0.25) is 4.18 Å². The molecule has 0 N–H and O–H groups in total. The fraction of sp³-hybridized carbons (Fsp3) is 0.479. The molecule has 0 spiro atoms. The van der Waals surface area contributed by atoms with Crippen LogP contribution < -0.4 is 0 Å². The van der Waals surface area contributed by atoms with Crippen molar-refractivity contribution < 1.29 is 40.4 Å².